The molecule has 21 heavy (non-hydrogen) atoms. The molecule has 0 aromatic heterocycles. The van der Waals surface area contributed by atoms with Gasteiger partial charge in [-0.15, -0.1) is 11.8 Å². The quantitative estimate of drug-likeness (QED) is 0.858. The van der Waals surface area contributed by atoms with Crippen LogP contribution < -0.4 is 5.32 Å². The molecule has 0 heterocycles. The van der Waals surface area contributed by atoms with Crippen LogP contribution in [0.1, 0.15) is 36.3 Å². The SMILES string of the molecule is C[C@@H](NC(=O)CS[C@H](C)c1ccccc1)c1ccccc1. The second kappa shape index (κ2) is 7.89. The first-order valence-electron chi connectivity index (χ1n) is 7.17. The molecule has 3 heteroatoms. The molecule has 0 unspecified atom stereocenters. The Bertz CT molecular complexity index is 556. The lowest BCUT2D eigenvalue weighted by Crippen LogP contribution is -2.28. The van der Waals surface area contributed by atoms with Crippen LogP contribution in [0.25, 0.3) is 0 Å². The van der Waals surface area contributed by atoms with Gasteiger partial charge in [0.1, 0.15) is 0 Å². The van der Waals surface area contributed by atoms with E-state index in [0.717, 1.165) is 5.56 Å². The second-order valence-electron chi connectivity index (χ2n) is 5.06. The summed E-state index contributed by atoms with van der Waals surface area (Å²) in [6, 6.07) is 20.3. The van der Waals surface area contributed by atoms with Crippen molar-refractivity contribution in [3.63, 3.8) is 0 Å². The number of hydrogen-bond acceptors (Lipinski definition) is 2. The van der Waals surface area contributed by atoms with Crippen LogP contribution in [-0.2, 0) is 4.79 Å². The zero-order valence-corrected chi connectivity index (χ0v) is 13.3. The highest BCUT2D eigenvalue weighted by molar-refractivity contribution is 8.00. The van der Waals surface area contributed by atoms with Gasteiger partial charge in [0, 0.05) is 5.25 Å². The van der Waals surface area contributed by atoms with Crippen molar-refractivity contribution in [2.45, 2.75) is 25.1 Å². The van der Waals surface area contributed by atoms with Crippen molar-refractivity contribution in [1.82, 2.24) is 5.32 Å². The van der Waals surface area contributed by atoms with E-state index in [-0.39, 0.29) is 11.9 Å². The van der Waals surface area contributed by atoms with Crippen LogP contribution in [-0.4, -0.2) is 11.7 Å². The predicted octanol–water partition coefficient (Wildman–Crippen LogP) is 4.36. The fourth-order valence-electron chi connectivity index (χ4n) is 2.13. The van der Waals surface area contributed by atoms with Crippen LogP contribution in [0.15, 0.2) is 60.7 Å². The molecule has 0 saturated heterocycles. The van der Waals surface area contributed by atoms with Crippen LogP contribution in [0, 0.1) is 0 Å². The highest BCUT2D eigenvalue weighted by Crippen LogP contribution is 2.27. The summed E-state index contributed by atoms with van der Waals surface area (Å²) in [6.45, 7) is 4.15. The van der Waals surface area contributed by atoms with Gasteiger partial charge < -0.3 is 5.32 Å². The smallest absolute Gasteiger partial charge is 0.230 e. The Morgan fingerprint density at radius 2 is 1.48 bits per heavy atom. The molecule has 0 saturated carbocycles. The highest BCUT2D eigenvalue weighted by atomic mass is 32.2. The topological polar surface area (TPSA) is 29.1 Å². The molecule has 1 amide bonds. The monoisotopic (exact) mass is 299 g/mol. The number of hydrogen-bond donors (Lipinski definition) is 1. The maximum absolute atomic E-state index is 12.0. The van der Waals surface area contributed by atoms with Crippen molar-refractivity contribution in [3.05, 3.63) is 71.8 Å². The van der Waals surface area contributed by atoms with Crippen molar-refractivity contribution in [2.75, 3.05) is 5.75 Å². The van der Waals surface area contributed by atoms with Gasteiger partial charge in [-0.3, -0.25) is 4.79 Å². The van der Waals surface area contributed by atoms with E-state index < -0.39 is 0 Å². The number of nitrogens with one attached hydrogen (secondary N) is 1. The molecule has 0 bridgehead atoms. The van der Waals surface area contributed by atoms with Crippen molar-refractivity contribution >= 4 is 17.7 Å². The number of benzene rings is 2. The number of rotatable bonds is 6. The first-order valence-corrected chi connectivity index (χ1v) is 8.22. The second-order valence-corrected chi connectivity index (χ2v) is 6.39. The van der Waals surface area contributed by atoms with Crippen molar-refractivity contribution in [1.29, 1.82) is 0 Å². The molecule has 1 N–H and O–H groups in total. The van der Waals surface area contributed by atoms with Crippen molar-refractivity contribution in [3.8, 4) is 0 Å². The molecule has 2 aromatic rings. The summed E-state index contributed by atoms with van der Waals surface area (Å²) < 4.78 is 0. The Labute approximate surface area is 131 Å². The molecule has 0 aliphatic carbocycles. The number of carbonyl (C=O) groups is 1. The van der Waals surface area contributed by atoms with Gasteiger partial charge in [-0.2, -0.15) is 0 Å². The molecule has 2 nitrogen and oxygen atoms in total. The first-order chi connectivity index (χ1) is 10.2. The molecule has 0 radical (unpaired) electrons. The van der Waals surface area contributed by atoms with Crippen LogP contribution in [0.3, 0.4) is 0 Å². The van der Waals surface area contributed by atoms with E-state index in [9.17, 15) is 4.79 Å². The molecule has 0 fully saturated rings. The van der Waals surface area contributed by atoms with Crippen LogP contribution in [0.5, 0.6) is 0 Å². The van der Waals surface area contributed by atoms with Crippen LogP contribution in [0.4, 0.5) is 0 Å². The van der Waals surface area contributed by atoms with Gasteiger partial charge in [-0.1, -0.05) is 60.7 Å². The zero-order chi connectivity index (χ0) is 15.1. The van der Waals surface area contributed by atoms with E-state index in [2.05, 4.69) is 24.4 Å². The molecular formula is C18H21NOS. The van der Waals surface area contributed by atoms with Crippen LogP contribution >= 0.6 is 11.8 Å². The van der Waals surface area contributed by atoms with E-state index in [4.69, 9.17) is 0 Å². The third-order valence-electron chi connectivity index (χ3n) is 3.41. The third kappa shape index (κ3) is 4.94. The molecule has 0 aliphatic heterocycles. The molecule has 0 aliphatic rings. The third-order valence-corrected chi connectivity index (χ3v) is 4.61. The largest absolute Gasteiger partial charge is 0.349 e. The van der Waals surface area contributed by atoms with Crippen LogP contribution in [0.2, 0.25) is 0 Å². The Kier molecular flexibility index (Phi) is 5.88. The Balaban J connectivity index is 1.80. The summed E-state index contributed by atoms with van der Waals surface area (Å²) in [5.41, 5.74) is 2.39. The summed E-state index contributed by atoms with van der Waals surface area (Å²) in [4.78, 5) is 12.0. The van der Waals surface area contributed by atoms with Gasteiger partial charge >= 0.3 is 0 Å². The van der Waals surface area contributed by atoms with Gasteiger partial charge in [0.25, 0.3) is 0 Å². The minimum Gasteiger partial charge on any atom is -0.349 e. The Morgan fingerprint density at radius 1 is 0.952 bits per heavy atom. The molecule has 110 valence electrons. The molecule has 2 atom stereocenters. The van der Waals surface area contributed by atoms with Gasteiger partial charge in [-0.05, 0) is 25.0 Å². The predicted molar refractivity (Wildman–Crippen MR) is 90.3 cm³/mol. The summed E-state index contributed by atoms with van der Waals surface area (Å²) >= 11 is 1.66. The van der Waals surface area contributed by atoms with Crippen molar-refractivity contribution < 1.29 is 4.79 Å². The molecule has 0 spiro atoms. The normalized spacial score (nSPS) is 13.4. The number of carbonyl (C=O) groups excluding carboxylic acids is 1. The first kappa shape index (κ1) is 15.6. The van der Waals surface area contributed by atoms with Gasteiger partial charge in [0.15, 0.2) is 0 Å². The molecule has 2 aromatic carbocycles. The van der Waals surface area contributed by atoms with E-state index in [1.54, 1.807) is 11.8 Å². The summed E-state index contributed by atoms with van der Waals surface area (Å²) in [6.07, 6.45) is 0. The van der Waals surface area contributed by atoms with Gasteiger partial charge in [0.2, 0.25) is 5.91 Å². The Morgan fingerprint density at radius 3 is 2.05 bits per heavy atom. The highest BCUT2D eigenvalue weighted by Gasteiger charge is 2.12. The van der Waals surface area contributed by atoms with E-state index in [0.29, 0.717) is 11.0 Å². The lowest BCUT2D eigenvalue weighted by Gasteiger charge is -2.16. The maximum atomic E-state index is 12.0. The Hall–Kier alpha value is -1.74. The maximum Gasteiger partial charge on any atom is 0.230 e. The average Bonchev–Trinajstić information content (AvgIpc) is 2.54. The minimum absolute atomic E-state index is 0.0475. The lowest BCUT2D eigenvalue weighted by molar-refractivity contribution is -0.119. The summed E-state index contributed by atoms with van der Waals surface area (Å²) in [5.74, 6) is 0.562. The van der Waals surface area contributed by atoms with Crippen molar-refractivity contribution in [2.24, 2.45) is 0 Å². The molecular weight excluding hydrogens is 278 g/mol. The fourth-order valence-corrected chi connectivity index (χ4v) is 2.96. The summed E-state index contributed by atoms with van der Waals surface area (Å²) in [7, 11) is 0. The fraction of sp³-hybridized carbons (Fsp3) is 0.278. The van der Waals surface area contributed by atoms with E-state index >= 15 is 0 Å². The zero-order valence-electron chi connectivity index (χ0n) is 12.5. The standard InChI is InChI=1S/C18H21NOS/c1-14(16-9-5-3-6-10-16)19-18(20)13-21-15(2)17-11-7-4-8-12-17/h3-12,14-15H,13H2,1-2H3,(H,19,20)/t14-,15-/m1/s1. The van der Waals surface area contributed by atoms with E-state index in [1.807, 2.05) is 55.5 Å². The van der Waals surface area contributed by atoms with E-state index in [1.165, 1.54) is 5.56 Å². The summed E-state index contributed by atoms with van der Waals surface area (Å²) in [5, 5.41) is 3.37. The van der Waals surface area contributed by atoms with Gasteiger partial charge in [0.05, 0.1) is 11.8 Å². The number of amides is 1. The minimum atomic E-state index is 0.0475. The lowest BCUT2D eigenvalue weighted by atomic mass is 10.1. The number of thioether (sulfide) groups is 1. The average molecular weight is 299 g/mol. The molecule has 2 rings (SSSR count). The van der Waals surface area contributed by atoms with Gasteiger partial charge in [-0.25, -0.2) is 0 Å².